The Bertz CT molecular complexity index is 2590. The minimum atomic E-state index is -1.10. The van der Waals surface area contributed by atoms with E-state index in [9.17, 15) is 24.0 Å². The van der Waals surface area contributed by atoms with Crippen molar-refractivity contribution in [3.05, 3.63) is 71.8 Å². The topological polar surface area (TPSA) is 172 Å². The number of benzene rings is 1. The fourth-order valence-electron chi connectivity index (χ4n) is 9.84. The van der Waals surface area contributed by atoms with Crippen LogP contribution in [0.25, 0.3) is 33.3 Å². The van der Waals surface area contributed by atoms with Gasteiger partial charge < -0.3 is 29.2 Å². The van der Waals surface area contributed by atoms with Crippen molar-refractivity contribution in [3.8, 4) is 34.2 Å². The lowest BCUT2D eigenvalue weighted by atomic mass is 9.84. The van der Waals surface area contributed by atoms with Gasteiger partial charge >= 0.3 is 5.97 Å². The maximum Gasteiger partial charge on any atom is 0.324 e. The number of likely N-dealkylation sites (tertiary alicyclic amines) is 1. The maximum atomic E-state index is 14.7. The van der Waals surface area contributed by atoms with Crippen molar-refractivity contribution < 1.29 is 33.4 Å². The van der Waals surface area contributed by atoms with Gasteiger partial charge in [-0.15, -0.1) is 0 Å². The van der Waals surface area contributed by atoms with Gasteiger partial charge in [0.25, 0.3) is 11.8 Å². The summed E-state index contributed by atoms with van der Waals surface area (Å²) < 4.78 is 14.1. The van der Waals surface area contributed by atoms with Crippen LogP contribution >= 0.6 is 0 Å². The second-order valence-corrected chi connectivity index (χ2v) is 19.8. The lowest BCUT2D eigenvalue weighted by molar-refractivity contribution is -0.155. The molecule has 2 saturated heterocycles. The van der Waals surface area contributed by atoms with Crippen LogP contribution in [0.2, 0.25) is 0 Å². The van der Waals surface area contributed by atoms with Crippen LogP contribution in [0.4, 0.5) is 0 Å². The van der Waals surface area contributed by atoms with Crippen LogP contribution in [0.5, 0.6) is 0 Å². The van der Waals surface area contributed by atoms with E-state index in [0.29, 0.717) is 64.0 Å². The fourth-order valence-corrected chi connectivity index (χ4v) is 9.84. The normalized spacial score (nSPS) is 20.1. The van der Waals surface area contributed by atoms with Crippen LogP contribution in [-0.2, 0) is 59.4 Å². The first kappa shape index (κ1) is 49.7. The van der Waals surface area contributed by atoms with Crippen molar-refractivity contribution in [3.63, 3.8) is 0 Å². The molecule has 68 heavy (non-hydrogen) atoms. The van der Waals surface area contributed by atoms with Crippen molar-refractivity contribution >= 4 is 40.5 Å². The third-order valence-electron chi connectivity index (χ3n) is 13.2. The number of esters is 1. The minimum Gasteiger partial charge on any atom is -0.464 e. The average molecular weight is 930 g/mol. The summed E-state index contributed by atoms with van der Waals surface area (Å²) >= 11 is 0. The summed E-state index contributed by atoms with van der Waals surface area (Å²) in [5, 5.41) is 5.51. The van der Waals surface area contributed by atoms with Gasteiger partial charge in [0.1, 0.15) is 18.1 Å². The number of cyclic esters (lactones) is 1. The van der Waals surface area contributed by atoms with E-state index in [0.717, 1.165) is 44.4 Å². The van der Waals surface area contributed by atoms with Gasteiger partial charge in [-0.05, 0) is 105 Å². The minimum absolute atomic E-state index is 0.0804. The van der Waals surface area contributed by atoms with E-state index in [2.05, 4.69) is 76.1 Å². The molecule has 4 amide bonds. The first-order valence-corrected chi connectivity index (χ1v) is 23.8. The van der Waals surface area contributed by atoms with E-state index >= 15 is 0 Å². The number of fused-ring (bicyclic) bond motifs is 6. The summed E-state index contributed by atoms with van der Waals surface area (Å²) in [5.74, 6) is 2.72. The molecule has 2 N–H and O–H groups in total. The summed E-state index contributed by atoms with van der Waals surface area (Å²) in [6, 6.07) is 7.55. The van der Waals surface area contributed by atoms with Crippen LogP contribution in [0.15, 0.2) is 55.1 Å². The molecule has 3 aliphatic rings. The number of ether oxygens (including phenoxy) is 2. The summed E-state index contributed by atoms with van der Waals surface area (Å²) in [5.41, 5.74) is 10.3. The van der Waals surface area contributed by atoms with Crippen LogP contribution in [0.1, 0.15) is 70.6 Å². The Labute approximate surface area is 400 Å². The van der Waals surface area contributed by atoms with Gasteiger partial charge in [-0.2, -0.15) is 0 Å². The Kier molecular flexibility index (Phi) is 15.7. The molecule has 16 nitrogen and oxygen atoms in total. The number of hydrogen-bond donors (Lipinski definition) is 2. The smallest absolute Gasteiger partial charge is 0.324 e. The van der Waals surface area contributed by atoms with Gasteiger partial charge in [-0.3, -0.25) is 43.8 Å². The van der Waals surface area contributed by atoms with E-state index in [1.54, 1.807) is 37.6 Å². The molecule has 0 spiro atoms. The molecule has 1 unspecified atom stereocenters. The second kappa shape index (κ2) is 21.4. The summed E-state index contributed by atoms with van der Waals surface area (Å²) in [6.07, 6.45) is 9.27. The number of hydrazine groups is 1. The Morgan fingerprint density at radius 1 is 1.03 bits per heavy atom. The molecule has 362 valence electrons. The third kappa shape index (κ3) is 11.1. The lowest BCUT2D eigenvalue weighted by Crippen LogP contribution is -2.62. The molecule has 3 aromatic heterocycles. The number of carbonyl (C=O) groups excluding carboxylic acids is 5. The van der Waals surface area contributed by atoms with Gasteiger partial charge in [0.05, 0.1) is 31.4 Å². The van der Waals surface area contributed by atoms with Crippen LogP contribution in [0.3, 0.4) is 0 Å². The number of aryl methyl sites for hydroxylation is 1. The van der Waals surface area contributed by atoms with Gasteiger partial charge in [-0.1, -0.05) is 39.7 Å². The number of pyridine rings is 2. The number of likely N-dealkylation sites (N-methyl/N-ethyl adjacent to an activating group) is 1. The standard InChI is InChI=1S/C52H67N9O7/c1-10-60-44-16-15-35-25-39(44)40(47(60)41-29-53-19-17-37(41)31-67-9)26-52(4,5)32-68-51(66)42-13-11-21-61(56-42)50(65)43(24-34-23-38(35)28-54-27-34)55-48(63)46(33(2)3)58(8)49(64)36-18-22-59(30-36)45(62)14-12-20-57(6)7/h15-17,19,23,25,27-29,33,36,42-43,46,56H,10-11,13,18,20-22,24,26,30-32H2,1-9H3,(H,55,63)/t36-,42-,43?,46-/m0/s1. The summed E-state index contributed by atoms with van der Waals surface area (Å²) in [7, 11) is 7.03. The molecule has 0 radical (unpaired) electrons. The number of hydrogen-bond acceptors (Lipinski definition) is 11. The first-order valence-electron chi connectivity index (χ1n) is 23.8. The van der Waals surface area contributed by atoms with Crippen molar-refractivity contribution in [1.82, 2.24) is 45.0 Å². The molecule has 4 aromatic rings. The predicted octanol–water partition coefficient (Wildman–Crippen LogP) is 4.48. The highest BCUT2D eigenvalue weighted by Gasteiger charge is 2.40. The molecular formula is C52H67N9O7. The van der Waals surface area contributed by atoms with E-state index < -0.39 is 47.2 Å². The Morgan fingerprint density at radius 2 is 1.82 bits per heavy atom. The molecular weight excluding hydrogens is 863 g/mol. The van der Waals surface area contributed by atoms with Gasteiger partial charge in [0.15, 0.2) is 0 Å². The molecule has 6 heterocycles. The maximum absolute atomic E-state index is 14.7. The third-order valence-corrected chi connectivity index (χ3v) is 13.2. The van der Waals surface area contributed by atoms with E-state index in [1.165, 1.54) is 9.91 Å². The van der Waals surface area contributed by atoms with Crippen LogP contribution in [0, 0.1) is 29.1 Å². The van der Waals surface area contributed by atoms with Crippen molar-refractivity contribution in [2.75, 3.05) is 61.0 Å². The molecule has 4 atom stereocenters. The number of rotatable bonds is 10. The summed E-state index contributed by atoms with van der Waals surface area (Å²) in [6.45, 7) is 12.6. The first-order chi connectivity index (χ1) is 32.5. The Hall–Kier alpha value is -6.15. The SMILES string of the molecule is CCn1c(-c2cnccc2COC)c2c3cc(ccc31)-c1cncc(c1)CC(NC(=O)[C@H](C(C)C)N(C)C(=O)[C@H]1CCN(C(=O)C#CCN(C)C)C1)C(=O)N1CCC[C@H](N1)C(=O)OCC(C)(C)C2. The number of carbonyl (C=O) groups is 5. The van der Waals surface area contributed by atoms with Crippen molar-refractivity contribution in [2.24, 2.45) is 17.3 Å². The Balaban J connectivity index is 1.24. The number of methoxy groups -OCH3 is 1. The highest BCUT2D eigenvalue weighted by molar-refractivity contribution is 5.97. The van der Waals surface area contributed by atoms with Gasteiger partial charge in [-0.25, -0.2) is 5.43 Å². The molecule has 2 fully saturated rings. The molecule has 3 aliphatic heterocycles. The quantitative estimate of drug-likeness (QED) is 0.170. The predicted molar refractivity (Wildman–Crippen MR) is 259 cm³/mol. The molecule has 16 heteroatoms. The highest BCUT2D eigenvalue weighted by Crippen LogP contribution is 2.41. The largest absolute Gasteiger partial charge is 0.464 e. The second-order valence-electron chi connectivity index (χ2n) is 19.8. The molecule has 0 aliphatic carbocycles. The zero-order valence-electron chi connectivity index (χ0n) is 41.1. The highest BCUT2D eigenvalue weighted by atomic mass is 16.5. The average Bonchev–Trinajstić information content (AvgIpc) is 3.93. The van der Waals surface area contributed by atoms with E-state index in [4.69, 9.17) is 9.47 Å². The monoisotopic (exact) mass is 930 g/mol. The zero-order valence-corrected chi connectivity index (χ0v) is 41.1. The van der Waals surface area contributed by atoms with E-state index in [-0.39, 0.29) is 37.3 Å². The lowest BCUT2D eigenvalue weighted by Gasteiger charge is -2.37. The Morgan fingerprint density at radius 3 is 2.56 bits per heavy atom. The molecule has 1 aromatic carbocycles. The van der Waals surface area contributed by atoms with Crippen molar-refractivity contribution in [1.29, 1.82) is 0 Å². The molecule has 0 saturated carbocycles. The fraction of sp³-hybridized carbons (Fsp3) is 0.519. The number of nitrogens with one attached hydrogen (secondary N) is 2. The number of nitrogens with zero attached hydrogens (tertiary/aromatic N) is 7. The molecule has 6 bridgehead atoms. The molecule has 7 rings (SSSR count). The summed E-state index contributed by atoms with van der Waals surface area (Å²) in [4.78, 5) is 84.2. The van der Waals surface area contributed by atoms with Crippen LogP contribution < -0.4 is 10.7 Å². The van der Waals surface area contributed by atoms with Crippen molar-refractivity contribution in [2.45, 2.75) is 98.0 Å². The number of amides is 4. The number of aromatic nitrogens is 3. The van der Waals surface area contributed by atoms with E-state index in [1.807, 2.05) is 51.2 Å². The van der Waals surface area contributed by atoms with Gasteiger partial charge in [0.2, 0.25) is 11.8 Å². The van der Waals surface area contributed by atoms with Gasteiger partial charge in [0, 0.05) is 99.0 Å². The zero-order chi connectivity index (χ0) is 48.9. The van der Waals surface area contributed by atoms with Crippen LogP contribution in [-0.4, -0.2) is 143 Å².